The van der Waals surface area contributed by atoms with Crippen molar-refractivity contribution in [2.45, 2.75) is 37.8 Å². The number of hydrogen-bond donors (Lipinski definition) is 2. The van der Waals surface area contributed by atoms with Crippen LogP contribution >= 0.6 is 11.6 Å². The number of likely N-dealkylation sites (tertiary alicyclic amines) is 1. The molecule has 0 unspecified atom stereocenters. The topological polar surface area (TPSA) is 43.7 Å². The molecule has 0 saturated carbocycles. The van der Waals surface area contributed by atoms with Gasteiger partial charge in [-0.05, 0) is 43.5 Å². The maximum atomic E-state index is 10.3. The predicted molar refractivity (Wildman–Crippen MR) is 77.3 cm³/mol. The van der Waals surface area contributed by atoms with Gasteiger partial charge in [-0.2, -0.15) is 0 Å². The van der Waals surface area contributed by atoms with E-state index in [1.807, 2.05) is 24.3 Å². The van der Waals surface area contributed by atoms with Gasteiger partial charge in [-0.3, -0.25) is 4.90 Å². The van der Waals surface area contributed by atoms with Crippen molar-refractivity contribution in [3.05, 3.63) is 34.9 Å². The molecule has 106 valence electrons. The smallest absolute Gasteiger partial charge is 0.0917 e. The van der Waals surface area contributed by atoms with Gasteiger partial charge in [0.15, 0.2) is 0 Å². The summed E-state index contributed by atoms with van der Waals surface area (Å²) < 4.78 is 0. The van der Waals surface area contributed by atoms with Gasteiger partial charge in [-0.15, -0.1) is 0 Å². The van der Waals surface area contributed by atoms with Crippen molar-refractivity contribution < 1.29 is 10.2 Å². The van der Waals surface area contributed by atoms with E-state index in [0.717, 1.165) is 24.9 Å². The number of hydrogen-bond acceptors (Lipinski definition) is 3. The van der Waals surface area contributed by atoms with Gasteiger partial charge in [0.05, 0.1) is 6.10 Å². The van der Waals surface area contributed by atoms with Crippen LogP contribution < -0.4 is 0 Å². The van der Waals surface area contributed by atoms with Gasteiger partial charge in [0.1, 0.15) is 0 Å². The summed E-state index contributed by atoms with van der Waals surface area (Å²) in [7, 11) is 0. The monoisotopic (exact) mass is 283 g/mol. The third-order valence-corrected chi connectivity index (χ3v) is 4.13. The van der Waals surface area contributed by atoms with E-state index in [2.05, 4.69) is 4.90 Å². The van der Waals surface area contributed by atoms with E-state index in [1.165, 1.54) is 12.8 Å². The average Bonchev–Trinajstić information content (AvgIpc) is 2.42. The summed E-state index contributed by atoms with van der Waals surface area (Å²) in [5.41, 5.74) is 0.901. The molecule has 4 heteroatoms. The summed E-state index contributed by atoms with van der Waals surface area (Å²) in [6.07, 6.45) is 3.82. The molecular formula is C15H22ClNO2. The van der Waals surface area contributed by atoms with Crippen LogP contribution in [0.5, 0.6) is 0 Å². The van der Waals surface area contributed by atoms with E-state index in [0.29, 0.717) is 17.6 Å². The van der Waals surface area contributed by atoms with Gasteiger partial charge in [0, 0.05) is 24.2 Å². The molecule has 2 N–H and O–H groups in total. The van der Waals surface area contributed by atoms with Crippen LogP contribution in [0.2, 0.25) is 5.02 Å². The van der Waals surface area contributed by atoms with E-state index in [4.69, 9.17) is 16.7 Å². The molecule has 1 saturated heterocycles. The van der Waals surface area contributed by atoms with E-state index in [9.17, 15) is 5.11 Å². The molecule has 1 aromatic carbocycles. The van der Waals surface area contributed by atoms with Crippen LogP contribution in [0.1, 0.15) is 37.4 Å². The normalized spacial score (nSPS) is 22.4. The van der Waals surface area contributed by atoms with E-state index >= 15 is 0 Å². The number of halogens is 1. The molecule has 3 nitrogen and oxygen atoms in total. The minimum absolute atomic E-state index is 0.220. The lowest BCUT2D eigenvalue weighted by molar-refractivity contribution is 0.0565. The van der Waals surface area contributed by atoms with Gasteiger partial charge in [0.2, 0.25) is 0 Å². The van der Waals surface area contributed by atoms with Crippen LogP contribution in [-0.2, 0) is 0 Å². The first-order valence-corrected chi connectivity index (χ1v) is 7.37. The SMILES string of the molecule is OCC[C@@H]1CCCCN1C[C@H](O)c1ccc(Cl)cc1. The largest absolute Gasteiger partial charge is 0.396 e. The first-order valence-electron chi connectivity index (χ1n) is 6.99. The molecule has 1 aliphatic heterocycles. The van der Waals surface area contributed by atoms with Crippen molar-refractivity contribution in [1.29, 1.82) is 0 Å². The summed E-state index contributed by atoms with van der Waals surface area (Å²) in [6.45, 7) is 1.86. The maximum Gasteiger partial charge on any atom is 0.0917 e. The van der Waals surface area contributed by atoms with Crippen molar-refractivity contribution in [1.82, 2.24) is 4.90 Å². The predicted octanol–water partition coefficient (Wildman–Crippen LogP) is 2.61. The Bertz CT molecular complexity index is 380. The van der Waals surface area contributed by atoms with Crippen molar-refractivity contribution in [3.63, 3.8) is 0 Å². The van der Waals surface area contributed by atoms with Crippen LogP contribution in [0.3, 0.4) is 0 Å². The van der Waals surface area contributed by atoms with Crippen molar-refractivity contribution in [2.75, 3.05) is 19.7 Å². The third-order valence-electron chi connectivity index (χ3n) is 3.87. The van der Waals surface area contributed by atoms with Crippen molar-refractivity contribution >= 4 is 11.6 Å². The summed E-state index contributed by atoms with van der Waals surface area (Å²) in [5.74, 6) is 0. The molecule has 19 heavy (non-hydrogen) atoms. The summed E-state index contributed by atoms with van der Waals surface area (Å²) in [4.78, 5) is 2.30. The maximum absolute atomic E-state index is 10.3. The van der Waals surface area contributed by atoms with Gasteiger partial charge in [0.25, 0.3) is 0 Å². The molecule has 0 amide bonds. The summed E-state index contributed by atoms with van der Waals surface area (Å²) in [5, 5.41) is 20.1. The number of nitrogens with zero attached hydrogens (tertiary/aromatic N) is 1. The van der Waals surface area contributed by atoms with Gasteiger partial charge in [-0.25, -0.2) is 0 Å². The third kappa shape index (κ3) is 4.18. The van der Waals surface area contributed by atoms with Crippen LogP contribution in [0.4, 0.5) is 0 Å². The lowest BCUT2D eigenvalue weighted by Gasteiger charge is -2.36. The highest BCUT2D eigenvalue weighted by Gasteiger charge is 2.24. The van der Waals surface area contributed by atoms with Crippen LogP contribution in [-0.4, -0.2) is 40.9 Å². The van der Waals surface area contributed by atoms with Crippen LogP contribution in [0, 0.1) is 0 Å². The molecule has 1 heterocycles. The number of benzene rings is 1. The fourth-order valence-electron chi connectivity index (χ4n) is 2.79. The molecular weight excluding hydrogens is 262 g/mol. The second kappa shape index (κ2) is 7.25. The highest BCUT2D eigenvalue weighted by molar-refractivity contribution is 6.30. The lowest BCUT2D eigenvalue weighted by atomic mass is 9.98. The van der Waals surface area contributed by atoms with Crippen LogP contribution in [0.25, 0.3) is 0 Å². The lowest BCUT2D eigenvalue weighted by Crippen LogP contribution is -2.42. The summed E-state index contributed by atoms with van der Waals surface area (Å²) in [6, 6.07) is 7.76. The quantitative estimate of drug-likeness (QED) is 0.873. The van der Waals surface area contributed by atoms with Gasteiger partial charge >= 0.3 is 0 Å². The molecule has 0 aliphatic carbocycles. The highest BCUT2D eigenvalue weighted by Crippen LogP contribution is 2.24. The Morgan fingerprint density at radius 3 is 2.68 bits per heavy atom. The molecule has 2 atom stereocenters. The van der Waals surface area contributed by atoms with E-state index in [1.54, 1.807) is 0 Å². The van der Waals surface area contributed by atoms with Crippen molar-refractivity contribution in [3.8, 4) is 0 Å². The Morgan fingerprint density at radius 2 is 2.00 bits per heavy atom. The van der Waals surface area contributed by atoms with E-state index in [-0.39, 0.29) is 6.61 Å². The zero-order valence-corrected chi connectivity index (χ0v) is 11.9. The Kier molecular flexibility index (Phi) is 5.64. The fraction of sp³-hybridized carbons (Fsp3) is 0.600. The average molecular weight is 284 g/mol. The van der Waals surface area contributed by atoms with E-state index < -0.39 is 6.10 Å². The van der Waals surface area contributed by atoms with Crippen LogP contribution in [0.15, 0.2) is 24.3 Å². The Labute approximate surface area is 119 Å². The molecule has 2 rings (SSSR count). The first-order chi connectivity index (χ1) is 9.20. The van der Waals surface area contributed by atoms with Crippen molar-refractivity contribution in [2.24, 2.45) is 0 Å². The number of aliphatic hydroxyl groups is 2. The second-order valence-corrected chi connectivity index (χ2v) is 5.66. The Morgan fingerprint density at radius 1 is 1.26 bits per heavy atom. The molecule has 0 aromatic heterocycles. The molecule has 0 radical (unpaired) electrons. The van der Waals surface area contributed by atoms with Gasteiger partial charge < -0.3 is 10.2 Å². The number of rotatable bonds is 5. The Balaban J connectivity index is 1.96. The molecule has 1 aromatic rings. The molecule has 0 bridgehead atoms. The standard InChI is InChI=1S/C15H22ClNO2/c16-13-6-4-12(5-7-13)15(19)11-17-9-2-1-3-14(17)8-10-18/h4-7,14-15,18-19H,1-3,8-11H2/t14-,15-/m0/s1. The minimum Gasteiger partial charge on any atom is -0.396 e. The fourth-order valence-corrected chi connectivity index (χ4v) is 2.91. The summed E-state index contributed by atoms with van der Waals surface area (Å²) >= 11 is 5.85. The van der Waals surface area contributed by atoms with Gasteiger partial charge in [-0.1, -0.05) is 30.2 Å². The Hall–Kier alpha value is -0.610. The number of β-amino-alcohol motifs (C(OH)–C–C–N with tert-alkyl or cyclic N) is 1. The first kappa shape index (κ1) is 14.8. The second-order valence-electron chi connectivity index (χ2n) is 5.22. The zero-order valence-electron chi connectivity index (χ0n) is 11.1. The number of piperidine rings is 1. The zero-order chi connectivity index (χ0) is 13.7. The molecule has 0 spiro atoms. The molecule has 1 aliphatic rings. The minimum atomic E-state index is -0.489. The highest BCUT2D eigenvalue weighted by atomic mass is 35.5. The molecule has 1 fully saturated rings. The number of aliphatic hydroxyl groups excluding tert-OH is 2.